The lowest BCUT2D eigenvalue weighted by Gasteiger charge is -2.41. The molecule has 1 aromatic heterocycles. The molecule has 32 heavy (non-hydrogen) atoms. The number of rotatable bonds is 6. The molecule has 1 N–H and O–H groups in total. The largest absolute Gasteiger partial charge is 0.378 e. The first-order chi connectivity index (χ1) is 15.6. The van der Waals surface area contributed by atoms with Crippen LogP contribution in [0.2, 0.25) is 0 Å². The monoisotopic (exact) mass is 456 g/mol. The zero-order chi connectivity index (χ0) is 22.3. The predicted octanol–water partition coefficient (Wildman–Crippen LogP) is 1.97. The number of nitrogens with zero attached hydrogens (tertiary/aromatic N) is 3. The van der Waals surface area contributed by atoms with Crippen molar-refractivity contribution in [2.24, 2.45) is 0 Å². The fraction of sp³-hybridized carbons (Fsp3) is 0.500. The van der Waals surface area contributed by atoms with Gasteiger partial charge >= 0.3 is 11.8 Å². The minimum atomic E-state index is -0.524. The second kappa shape index (κ2) is 11.0. The Morgan fingerprint density at radius 1 is 1.00 bits per heavy atom. The lowest BCUT2D eigenvalue weighted by atomic mass is 10.0. The Morgan fingerprint density at radius 2 is 1.72 bits per heavy atom. The number of hydrogen-bond donors (Lipinski definition) is 1. The second-order valence-electron chi connectivity index (χ2n) is 8.42. The van der Waals surface area contributed by atoms with E-state index in [9.17, 15) is 9.59 Å². The molecule has 0 aliphatic carbocycles. The van der Waals surface area contributed by atoms with E-state index in [0.717, 1.165) is 32.7 Å². The van der Waals surface area contributed by atoms with E-state index < -0.39 is 11.8 Å². The van der Waals surface area contributed by atoms with Gasteiger partial charge in [0.15, 0.2) is 0 Å². The van der Waals surface area contributed by atoms with Crippen molar-refractivity contribution in [3.8, 4) is 0 Å². The molecular weight excluding hydrogens is 424 g/mol. The maximum atomic E-state index is 12.7. The van der Waals surface area contributed by atoms with Gasteiger partial charge in [-0.15, -0.1) is 11.3 Å². The van der Waals surface area contributed by atoms with Gasteiger partial charge < -0.3 is 15.0 Å². The predicted molar refractivity (Wildman–Crippen MR) is 125 cm³/mol. The Hall–Kier alpha value is -2.26. The van der Waals surface area contributed by atoms with E-state index in [1.165, 1.54) is 10.4 Å². The first-order valence-corrected chi connectivity index (χ1v) is 12.2. The quantitative estimate of drug-likeness (QED) is 0.674. The highest BCUT2D eigenvalue weighted by Gasteiger charge is 2.33. The van der Waals surface area contributed by atoms with Gasteiger partial charge in [-0.3, -0.25) is 19.4 Å². The third kappa shape index (κ3) is 5.75. The van der Waals surface area contributed by atoms with Crippen molar-refractivity contribution in [3.63, 3.8) is 0 Å². The highest BCUT2D eigenvalue weighted by Crippen LogP contribution is 2.29. The summed E-state index contributed by atoms with van der Waals surface area (Å²) in [5.74, 6) is -0.985. The fourth-order valence-electron chi connectivity index (χ4n) is 4.50. The summed E-state index contributed by atoms with van der Waals surface area (Å²) in [6.45, 7) is 8.67. The van der Waals surface area contributed by atoms with Crippen molar-refractivity contribution in [2.45, 2.75) is 25.6 Å². The minimum absolute atomic E-state index is 0.0512. The average molecular weight is 457 g/mol. The molecule has 0 spiro atoms. The maximum absolute atomic E-state index is 12.7. The number of piperazine rings is 1. The number of ether oxygens (including phenoxy) is 1. The number of benzene rings is 1. The smallest absolute Gasteiger partial charge is 0.312 e. The zero-order valence-electron chi connectivity index (χ0n) is 18.6. The lowest BCUT2D eigenvalue weighted by Crippen LogP contribution is -2.54. The highest BCUT2D eigenvalue weighted by molar-refractivity contribution is 7.10. The molecule has 0 radical (unpaired) electrons. The second-order valence-corrected chi connectivity index (χ2v) is 9.40. The molecule has 2 saturated heterocycles. The molecule has 2 aliphatic rings. The molecule has 2 amide bonds. The Balaban J connectivity index is 1.37. The first kappa shape index (κ1) is 22.9. The summed E-state index contributed by atoms with van der Waals surface area (Å²) in [6, 6.07) is 14.6. The van der Waals surface area contributed by atoms with Crippen LogP contribution in [0.15, 0.2) is 47.8 Å². The summed E-state index contributed by atoms with van der Waals surface area (Å²) in [5, 5.41) is 5.06. The minimum Gasteiger partial charge on any atom is -0.378 e. The van der Waals surface area contributed by atoms with Crippen molar-refractivity contribution in [3.05, 3.63) is 58.3 Å². The van der Waals surface area contributed by atoms with Crippen LogP contribution >= 0.6 is 11.3 Å². The first-order valence-electron chi connectivity index (χ1n) is 11.3. The van der Waals surface area contributed by atoms with Gasteiger partial charge in [-0.1, -0.05) is 36.4 Å². The number of morpholine rings is 1. The summed E-state index contributed by atoms with van der Waals surface area (Å²) in [6.07, 6.45) is 0. The van der Waals surface area contributed by atoms with Crippen molar-refractivity contribution in [1.82, 2.24) is 20.0 Å². The van der Waals surface area contributed by atoms with Crippen LogP contribution in [0.1, 0.15) is 23.4 Å². The van der Waals surface area contributed by atoms with Crippen LogP contribution in [0.4, 0.5) is 0 Å². The van der Waals surface area contributed by atoms with Crippen LogP contribution in [-0.2, 0) is 20.9 Å². The molecule has 1 aromatic carbocycles. The van der Waals surface area contributed by atoms with Gasteiger partial charge in [0.1, 0.15) is 0 Å². The maximum Gasteiger partial charge on any atom is 0.312 e. The SMILES string of the molecule is C[C@@H](NC(=O)C(=O)N1CCOCC1)[C@H](c1cccs1)N1CCN(Cc2ccccc2)CC1. The van der Waals surface area contributed by atoms with Crippen LogP contribution in [0, 0.1) is 0 Å². The van der Waals surface area contributed by atoms with E-state index in [2.05, 4.69) is 50.8 Å². The molecule has 2 aromatic rings. The van der Waals surface area contributed by atoms with Gasteiger partial charge in [-0.25, -0.2) is 0 Å². The zero-order valence-corrected chi connectivity index (χ0v) is 19.4. The molecule has 2 atom stereocenters. The molecule has 7 nitrogen and oxygen atoms in total. The number of carbonyl (C=O) groups excluding carboxylic acids is 2. The Kier molecular flexibility index (Phi) is 7.91. The van der Waals surface area contributed by atoms with E-state index in [1.807, 2.05) is 19.1 Å². The lowest BCUT2D eigenvalue weighted by molar-refractivity contribution is -0.149. The summed E-state index contributed by atoms with van der Waals surface area (Å²) in [5.41, 5.74) is 1.33. The van der Waals surface area contributed by atoms with E-state index in [1.54, 1.807) is 16.2 Å². The standard InChI is InChI=1S/C24H32N4O3S/c1-19(25-23(29)24(30)28-13-15-31-16-14-28)22(21-8-5-17-32-21)27-11-9-26(10-12-27)18-20-6-3-2-4-7-20/h2-8,17,19,22H,9-16,18H2,1H3,(H,25,29)/t19-,22-/m1/s1. The van der Waals surface area contributed by atoms with E-state index in [0.29, 0.717) is 26.3 Å². The van der Waals surface area contributed by atoms with E-state index in [-0.39, 0.29) is 12.1 Å². The summed E-state index contributed by atoms with van der Waals surface area (Å²) < 4.78 is 5.29. The molecule has 0 unspecified atom stereocenters. The number of carbonyl (C=O) groups is 2. The van der Waals surface area contributed by atoms with Gasteiger partial charge in [0.2, 0.25) is 0 Å². The average Bonchev–Trinajstić information content (AvgIpc) is 3.35. The Morgan fingerprint density at radius 3 is 2.38 bits per heavy atom. The molecule has 2 fully saturated rings. The van der Waals surface area contributed by atoms with Crippen molar-refractivity contribution in [2.75, 3.05) is 52.5 Å². The van der Waals surface area contributed by atoms with Crippen LogP contribution in [0.3, 0.4) is 0 Å². The molecule has 2 aliphatic heterocycles. The van der Waals surface area contributed by atoms with Gasteiger partial charge in [0.25, 0.3) is 0 Å². The molecule has 0 bridgehead atoms. The van der Waals surface area contributed by atoms with Gasteiger partial charge in [0.05, 0.1) is 19.3 Å². The third-order valence-electron chi connectivity index (χ3n) is 6.21. The normalized spacial score (nSPS) is 20.0. The van der Waals surface area contributed by atoms with E-state index >= 15 is 0 Å². The number of hydrogen-bond acceptors (Lipinski definition) is 6. The third-order valence-corrected chi connectivity index (χ3v) is 7.15. The summed E-state index contributed by atoms with van der Waals surface area (Å²) in [7, 11) is 0. The molecule has 0 saturated carbocycles. The van der Waals surface area contributed by atoms with Gasteiger partial charge in [-0.2, -0.15) is 0 Å². The van der Waals surface area contributed by atoms with Crippen LogP contribution < -0.4 is 5.32 Å². The Labute approximate surface area is 193 Å². The molecular formula is C24H32N4O3S. The van der Waals surface area contributed by atoms with Gasteiger partial charge in [-0.05, 0) is 23.9 Å². The van der Waals surface area contributed by atoms with E-state index in [4.69, 9.17) is 4.74 Å². The Bertz CT molecular complexity index is 863. The van der Waals surface area contributed by atoms with Crippen LogP contribution in [-0.4, -0.2) is 85.0 Å². The molecule has 4 rings (SSSR count). The topological polar surface area (TPSA) is 65.1 Å². The number of thiophene rings is 1. The number of nitrogens with one attached hydrogen (secondary N) is 1. The van der Waals surface area contributed by atoms with Crippen molar-refractivity contribution < 1.29 is 14.3 Å². The molecule has 3 heterocycles. The highest BCUT2D eigenvalue weighted by atomic mass is 32.1. The number of amides is 2. The van der Waals surface area contributed by atoms with Crippen molar-refractivity contribution >= 4 is 23.2 Å². The fourth-order valence-corrected chi connectivity index (χ4v) is 5.46. The van der Waals surface area contributed by atoms with Crippen molar-refractivity contribution in [1.29, 1.82) is 0 Å². The molecule has 8 heteroatoms. The summed E-state index contributed by atoms with van der Waals surface area (Å²) >= 11 is 1.70. The van der Waals surface area contributed by atoms with Crippen LogP contribution in [0.25, 0.3) is 0 Å². The molecule has 172 valence electrons. The van der Waals surface area contributed by atoms with Gasteiger partial charge in [0, 0.05) is 56.7 Å². The van der Waals surface area contributed by atoms with Crippen LogP contribution in [0.5, 0.6) is 0 Å². The summed E-state index contributed by atoms with van der Waals surface area (Å²) in [4.78, 5) is 33.0.